The van der Waals surface area contributed by atoms with Crippen molar-refractivity contribution in [1.29, 1.82) is 0 Å². The number of sulfonamides is 1. The number of primary amides is 1. The van der Waals surface area contributed by atoms with Crippen LogP contribution in [0.2, 0.25) is 4.34 Å². The van der Waals surface area contributed by atoms with Gasteiger partial charge in [0.25, 0.3) is 10.0 Å². The minimum atomic E-state index is -3.48. The summed E-state index contributed by atoms with van der Waals surface area (Å²) in [5.74, 6) is -0.452. The first-order valence-electron chi connectivity index (χ1n) is 7.73. The molecule has 1 aliphatic rings. The number of hydrogen-bond acceptors (Lipinski definition) is 5. The number of piperazine rings is 1. The normalized spacial score (nSPS) is 16.8. The first-order valence-corrected chi connectivity index (χ1v) is 10.4. The highest BCUT2D eigenvalue weighted by atomic mass is 35.5. The van der Waals surface area contributed by atoms with Gasteiger partial charge in [-0.3, -0.25) is 9.69 Å². The molecule has 1 aromatic heterocycles. The van der Waals surface area contributed by atoms with Gasteiger partial charge in [-0.2, -0.15) is 4.31 Å². The van der Waals surface area contributed by atoms with Crippen LogP contribution in [0.15, 0.2) is 40.6 Å². The zero-order valence-corrected chi connectivity index (χ0v) is 15.8. The van der Waals surface area contributed by atoms with E-state index in [9.17, 15) is 13.2 Å². The molecule has 2 N–H and O–H groups in total. The molecule has 1 amide bonds. The molecule has 0 spiro atoms. The summed E-state index contributed by atoms with van der Waals surface area (Å²) >= 11 is 6.92. The first-order chi connectivity index (χ1) is 11.9. The molecular weight excluding hydrogens is 382 g/mol. The van der Waals surface area contributed by atoms with Crippen molar-refractivity contribution < 1.29 is 13.2 Å². The largest absolute Gasteiger partial charge is 0.366 e. The topological polar surface area (TPSA) is 83.7 Å². The monoisotopic (exact) mass is 399 g/mol. The molecule has 0 unspecified atom stereocenters. The van der Waals surface area contributed by atoms with Crippen LogP contribution in [0.5, 0.6) is 0 Å². The highest BCUT2D eigenvalue weighted by Crippen LogP contribution is 2.28. The lowest BCUT2D eigenvalue weighted by Crippen LogP contribution is -2.48. The molecule has 3 rings (SSSR count). The lowest BCUT2D eigenvalue weighted by molar-refractivity contribution is 0.1000. The number of nitrogens with two attached hydrogens (primary N) is 1. The van der Waals surface area contributed by atoms with Gasteiger partial charge in [0.15, 0.2) is 0 Å². The zero-order valence-electron chi connectivity index (χ0n) is 13.4. The lowest BCUT2D eigenvalue weighted by atomic mass is 10.1. The van der Waals surface area contributed by atoms with Crippen molar-refractivity contribution in [3.05, 3.63) is 51.9 Å². The zero-order chi connectivity index (χ0) is 18.0. The van der Waals surface area contributed by atoms with Crippen LogP contribution in [0.25, 0.3) is 0 Å². The Kier molecular flexibility index (Phi) is 5.45. The molecule has 0 aliphatic carbocycles. The van der Waals surface area contributed by atoms with Crippen LogP contribution in [0.4, 0.5) is 0 Å². The predicted molar refractivity (Wildman–Crippen MR) is 98.3 cm³/mol. The molecule has 0 radical (unpaired) electrons. The van der Waals surface area contributed by atoms with E-state index in [4.69, 9.17) is 17.3 Å². The van der Waals surface area contributed by atoms with E-state index in [1.165, 1.54) is 4.31 Å². The number of carbonyl (C=O) groups excluding carboxylic acids is 1. The van der Waals surface area contributed by atoms with Crippen LogP contribution >= 0.6 is 22.9 Å². The molecule has 0 saturated carbocycles. The van der Waals surface area contributed by atoms with Crippen LogP contribution in [0.1, 0.15) is 15.9 Å². The van der Waals surface area contributed by atoms with Gasteiger partial charge in [0.1, 0.15) is 4.21 Å². The second-order valence-electron chi connectivity index (χ2n) is 5.80. The fourth-order valence-electron chi connectivity index (χ4n) is 2.77. The Morgan fingerprint density at radius 3 is 2.48 bits per heavy atom. The van der Waals surface area contributed by atoms with Gasteiger partial charge < -0.3 is 5.73 Å². The van der Waals surface area contributed by atoms with Crippen LogP contribution in [0.3, 0.4) is 0 Å². The third-order valence-corrected chi connectivity index (χ3v) is 7.69. The van der Waals surface area contributed by atoms with E-state index in [0.717, 1.165) is 16.9 Å². The summed E-state index contributed by atoms with van der Waals surface area (Å²) in [6.45, 7) is 2.75. The number of carbonyl (C=O) groups is 1. The number of benzene rings is 1. The van der Waals surface area contributed by atoms with E-state index >= 15 is 0 Å². The van der Waals surface area contributed by atoms with E-state index in [1.54, 1.807) is 30.3 Å². The summed E-state index contributed by atoms with van der Waals surface area (Å²) in [5, 5.41) is 0. The highest BCUT2D eigenvalue weighted by molar-refractivity contribution is 7.91. The Morgan fingerprint density at radius 1 is 1.16 bits per heavy atom. The van der Waals surface area contributed by atoms with E-state index < -0.39 is 15.9 Å². The molecule has 2 aromatic rings. The molecule has 1 fully saturated rings. The maximum Gasteiger partial charge on any atom is 0.252 e. The second-order valence-corrected chi connectivity index (χ2v) is 9.68. The maximum absolute atomic E-state index is 12.6. The minimum Gasteiger partial charge on any atom is -0.366 e. The van der Waals surface area contributed by atoms with Crippen LogP contribution in [-0.4, -0.2) is 49.7 Å². The number of thiophene rings is 1. The molecule has 0 atom stereocenters. The summed E-state index contributed by atoms with van der Waals surface area (Å²) in [7, 11) is -3.48. The van der Waals surface area contributed by atoms with Gasteiger partial charge in [0, 0.05) is 38.3 Å². The van der Waals surface area contributed by atoms with Crippen molar-refractivity contribution in [2.45, 2.75) is 10.8 Å². The van der Waals surface area contributed by atoms with Gasteiger partial charge >= 0.3 is 0 Å². The third kappa shape index (κ3) is 4.21. The van der Waals surface area contributed by atoms with E-state index in [0.29, 0.717) is 42.6 Å². The minimum absolute atomic E-state index is 0.278. The number of nitrogens with zero attached hydrogens (tertiary/aromatic N) is 2. The molecule has 0 bridgehead atoms. The average molecular weight is 400 g/mol. The van der Waals surface area contributed by atoms with Crippen molar-refractivity contribution in [3.8, 4) is 0 Å². The third-order valence-electron chi connectivity index (χ3n) is 4.09. The summed E-state index contributed by atoms with van der Waals surface area (Å²) in [4.78, 5) is 13.4. The van der Waals surface area contributed by atoms with E-state index in [2.05, 4.69) is 4.90 Å². The van der Waals surface area contributed by atoms with Crippen LogP contribution < -0.4 is 5.73 Å². The number of rotatable bonds is 5. The molecule has 6 nitrogen and oxygen atoms in total. The Bertz CT molecular complexity index is 874. The molecule has 9 heteroatoms. The number of halogens is 1. The van der Waals surface area contributed by atoms with Crippen LogP contribution in [0, 0.1) is 0 Å². The second kappa shape index (κ2) is 7.43. The van der Waals surface area contributed by atoms with Gasteiger partial charge in [0.2, 0.25) is 5.91 Å². The van der Waals surface area contributed by atoms with Crippen molar-refractivity contribution in [2.24, 2.45) is 5.73 Å². The molecule has 134 valence electrons. The van der Waals surface area contributed by atoms with Gasteiger partial charge in [-0.1, -0.05) is 23.7 Å². The SMILES string of the molecule is NC(=O)c1cccc(CN2CCN(S(=O)(=O)c3ccc(Cl)s3)CC2)c1. The Labute approximate surface area is 155 Å². The lowest BCUT2D eigenvalue weighted by Gasteiger charge is -2.33. The summed E-state index contributed by atoms with van der Waals surface area (Å²) in [6.07, 6.45) is 0. The fraction of sp³-hybridized carbons (Fsp3) is 0.312. The summed E-state index contributed by atoms with van der Waals surface area (Å²) < 4.78 is 27.4. The smallest absolute Gasteiger partial charge is 0.252 e. The summed E-state index contributed by atoms with van der Waals surface area (Å²) in [6, 6.07) is 10.3. The molecule has 1 aliphatic heterocycles. The quantitative estimate of drug-likeness (QED) is 0.833. The van der Waals surface area contributed by atoms with Crippen LogP contribution in [-0.2, 0) is 16.6 Å². The van der Waals surface area contributed by atoms with E-state index in [-0.39, 0.29) is 4.21 Å². The maximum atomic E-state index is 12.6. The molecule has 25 heavy (non-hydrogen) atoms. The van der Waals surface area contributed by atoms with Gasteiger partial charge in [0.05, 0.1) is 4.34 Å². The first kappa shape index (κ1) is 18.3. The number of amides is 1. The van der Waals surface area contributed by atoms with Crippen molar-refractivity contribution in [2.75, 3.05) is 26.2 Å². The standard InChI is InChI=1S/C16H18ClN3O3S2/c17-14-4-5-15(24-14)25(22,23)20-8-6-19(7-9-20)11-12-2-1-3-13(10-12)16(18)21/h1-5,10H,6-9,11H2,(H2,18,21). The Balaban J connectivity index is 1.62. The summed E-state index contributed by atoms with van der Waals surface area (Å²) in [5.41, 5.74) is 6.77. The Morgan fingerprint density at radius 2 is 1.88 bits per heavy atom. The molecule has 1 saturated heterocycles. The predicted octanol–water partition coefficient (Wildman–Crippen LogP) is 2.01. The molecular formula is C16H18ClN3O3S2. The van der Waals surface area contributed by atoms with Crippen molar-refractivity contribution in [3.63, 3.8) is 0 Å². The Hall–Kier alpha value is -1.45. The highest BCUT2D eigenvalue weighted by Gasteiger charge is 2.29. The van der Waals surface area contributed by atoms with Crippen molar-refractivity contribution >= 4 is 38.9 Å². The number of hydrogen-bond donors (Lipinski definition) is 1. The van der Waals surface area contributed by atoms with E-state index in [1.807, 2.05) is 6.07 Å². The average Bonchev–Trinajstić information content (AvgIpc) is 3.03. The van der Waals surface area contributed by atoms with Gasteiger partial charge in [-0.15, -0.1) is 11.3 Å². The fourth-order valence-corrected chi connectivity index (χ4v) is 5.83. The molecule has 2 heterocycles. The van der Waals surface area contributed by atoms with Gasteiger partial charge in [-0.25, -0.2) is 8.42 Å². The molecule has 1 aromatic carbocycles. The van der Waals surface area contributed by atoms with Crippen molar-refractivity contribution in [1.82, 2.24) is 9.21 Å². The van der Waals surface area contributed by atoms with Gasteiger partial charge in [-0.05, 0) is 29.8 Å².